The van der Waals surface area contributed by atoms with Crippen LogP contribution < -0.4 is 9.64 Å². The van der Waals surface area contributed by atoms with E-state index in [1.807, 2.05) is 75.4 Å². The maximum atomic E-state index is 13.5. The summed E-state index contributed by atoms with van der Waals surface area (Å²) in [6.07, 6.45) is 0.848. The first kappa shape index (κ1) is 23.8. The minimum atomic E-state index is -0.849. The Labute approximate surface area is 213 Å². The van der Waals surface area contributed by atoms with Gasteiger partial charge in [0.25, 0.3) is 5.78 Å². The molecule has 0 radical (unpaired) electrons. The Hall–Kier alpha value is -3.97. The molecule has 4 aromatic rings. The van der Waals surface area contributed by atoms with E-state index in [1.54, 1.807) is 12.1 Å². The molecule has 182 valence electrons. The second-order valence-electron chi connectivity index (χ2n) is 8.92. The Bertz CT molecular complexity index is 1500. The number of aryl methyl sites for hydroxylation is 2. The smallest absolute Gasteiger partial charge is 0.301 e. The van der Waals surface area contributed by atoms with Crippen molar-refractivity contribution in [3.8, 4) is 5.75 Å². The average Bonchev–Trinajstić information content (AvgIpc) is 3.40. The molecule has 1 saturated heterocycles. The van der Waals surface area contributed by atoms with E-state index in [4.69, 9.17) is 4.74 Å². The van der Waals surface area contributed by atoms with Crippen LogP contribution in [0.2, 0.25) is 0 Å². The number of thiazole rings is 1. The summed E-state index contributed by atoms with van der Waals surface area (Å²) in [4.78, 5) is 33.0. The zero-order valence-corrected chi connectivity index (χ0v) is 21.1. The first-order valence-corrected chi connectivity index (χ1v) is 12.7. The standard InChI is InChI=1S/C29H26N2O4S/c1-4-14-35-21-7-5-6-20(16-21)25-24(26(32)19-11-8-17(2)9-12-19)27(33)28(34)31(25)29-30-22-13-10-18(3)15-23(22)36-29/h5-13,15-16,25,32H,4,14H2,1-3H3. The molecule has 1 amide bonds. The molecule has 0 aliphatic carbocycles. The van der Waals surface area contributed by atoms with Crippen molar-refractivity contribution in [1.29, 1.82) is 0 Å². The van der Waals surface area contributed by atoms with Crippen LogP contribution in [0.4, 0.5) is 5.13 Å². The Morgan fingerprint density at radius 3 is 2.53 bits per heavy atom. The molecule has 1 unspecified atom stereocenters. The molecular weight excluding hydrogens is 472 g/mol. The summed E-state index contributed by atoms with van der Waals surface area (Å²) in [5.41, 5.74) is 4.02. The van der Waals surface area contributed by atoms with E-state index in [0.29, 0.717) is 28.6 Å². The third-order valence-electron chi connectivity index (χ3n) is 6.15. The number of carbonyl (C=O) groups is 2. The summed E-state index contributed by atoms with van der Waals surface area (Å²) in [6, 6.07) is 19.6. The fraction of sp³-hybridized carbons (Fsp3) is 0.207. The number of ketones is 1. The van der Waals surface area contributed by atoms with E-state index < -0.39 is 17.7 Å². The highest BCUT2D eigenvalue weighted by Gasteiger charge is 2.48. The van der Waals surface area contributed by atoms with Gasteiger partial charge in [0, 0.05) is 5.56 Å². The molecule has 3 aromatic carbocycles. The number of hydrogen-bond donors (Lipinski definition) is 1. The molecule has 5 rings (SSSR count). The number of aliphatic hydroxyl groups is 1. The zero-order valence-electron chi connectivity index (χ0n) is 20.3. The van der Waals surface area contributed by atoms with Crippen LogP contribution in [0.5, 0.6) is 5.75 Å². The lowest BCUT2D eigenvalue weighted by Crippen LogP contribution is -2.29. The van der Waals surface area contributed by atoms with Gasteiger partial charge in [-0.3, -0.25) is 14.5 Å². The third-order valence-corrected chi connectivity index (χ3v) is 7.17. The Morgan fingerprint density at radius 1 is 1.03 bits per heavy atom. The number of aliphatic hydroxyl groups excluding tert-OH is 1. The lowest BCUT2D eigenvalue weighted by molar-refractivity contribution is -0.132. The molecule has 1 atom stereocenters. The maximum Gasteiger partial charge on any atom is 0.301 e. The van der Waals surface area contributed by atoms with Crippen molar-refractivity contribution in [3.63, 3.8) is 0 Å². The van der Waals surface area contributed by atoms with E-state index in [-0.39, 0.29) is 11.3 Å². The monoisotopic (exact) mass is 498 g/mol. The highest BCUT2D eigenvalue weighted by Crippen LogP contribution is 2.45. The van der Waals surface area contributed by atoms with E-state index in [1.165, 1.54) is 16.2 Å². The van der Waals surface area contributed by atoms with Gasteiger partial charge in [0.1, 0.15) is 11.5 Å². The molecule has 6 nitrogen and oxygen atoms in total. The normalized spacial score (nSPS) is 17.2. The average molecular weight is 499 g/mol. The highest BCUT2D eigenvalue weighted by atomic mass is 32.1. The van der Waals surface area contributed by atoms with Crippen molar-refractivity contribution < 1.29 is 19.4 Å². The number of nitrogens with zero attached hydrogens (tertiary/aromatic N) is 2. The molecular formula is C29H26N2O4S. The Morgan fingerprint density at radius 2 is 1.78 bits per heavy atom. The van der Waals surface area contributed by atoms with E-state index in [9.17, 15) is 14.7 Å². The second-order valence-corrected chi connectivity index (χ2v) is 9.93. The topological polar surface area (TPSA) is 79.7 Å². The quantitative estimate of drug-likeness (QED) is 0.191. The molecule has 36 heavy (non-hydrogen) atoms. The second kappa shape index (κ2) is 9.59. The molecule has 0 spiro atoms. The van der Waals surface area contributed by atoms with E-state index in [0.717, 1.165) is 27.8 Å². The van der Waals surface area contributed by atoms with Gasteiger partial charge < -0.3 is 9.84 Å². The number of fused-ring (bicyclic) bond motifs is 1. The fourth-order valence-corrected chi connectivity index (χ4v) is 5.42. The van der Waals surface area contributed by atoms with Gasteiger partial charge in [-0.1, -0.05) is 66.3 Å². The van der Waals surface area contributed by atoms with Crippen LogP contribution in [0.25, 0.3) is 16.0 Å². The number of amides is 1. The van der Waals surface area contributed by atoms with Crippen molar-refractivity contribution in [2.45, 2.75) is 33.2 Å². The Kier molecular flexibility index (Phi) is 6.33. The molecule has 1 aromatic heterocycles. The summed E-state index contributed by atoms with van der Waals surface area (Å²) in [5, 5.41) is 11.7. The summed E-state index contributed by atoms with van der Waals surface area (Å²) in [7, 11) is 0. The van der Waals surface area contributed by atoms with Crippen molar-refractivity contribution in [1.82, 2.24) is 4.98 Å². The SMILES string of the molecule is CCCOc1cccc(C2C(=C(O)c3ccc(C)cc3)C(=O)C(=O)N2c2nc3ccc(C)cc3s2)c1. The van der Waals surface area contributed by atoms with E-state index >= 15 is 0 Å². The molecule has 1 aliphatic rings. The van der Waals surface area contributed by atoms with Crippen molar-refractivity contribution in [2.75, 3.05) is 11.5 Å². The van der Waals surface area contributed by atoms with Gasteiger partial charge in [-0.2, -0.15) is 0 Å². The predicted molar refractivity (Wildman–Crippen MR) is 143 cm³/mol. The zero-order chi connectivity index (χ0) is 25.4. The number of carbonyl (C=O) groups excluding carboxylic acids is 2. The van der Waals surface area contributed by atoms with Crippen molar-refractivity contribution >= 4 is 44.1 Å². The van der Waals surface area contributed by atoms with Gasteiger partial charge in [-0.25, -0.2) is 4.98 Å². The van der Waals surface area contributed by atoms with Gasteiger partial charge in [0.05, 0.1) is 28.4 Å². The number of Topliss-reactive ketones (excluding diaryl/α,β-unsaturated/α-hetero) is 1. The van der Waals surface area contributed by atoms with Crippen LogP contribution in [0.3, 0.4) is 0 Å². The van der Waals surface area contributed by atoms with Crippen LogP contribution in [-0.2, 0) is 9.59 Å². The molecule has 0 saturated carbocycles. The summed E-state index contributed by atoms with van der Waals surface area (Å²) < 4.78 is 6.75. The molecule has 1 aliphatic heterocycles. The molecule has 0 bridgehead atoms. The van der Waals surface area contributed by atoms with Crippen LogP contribution >= 0.6 is 11.3 Å². The maximum absolute atomic E-state index is 13.5. The van der Waals surface area contributed by atoms with Crippen molar-refractivity contribution in [2.24, 2.45) is 0 Å². The number of rotatable bonds is 6. The number of hydrogen-bond acceptors (Lipinski definition) is 6. The van der Waals surface area contributed by atoms with Crippen LogP contribution in [0.1, 0.15) is 41.6 Å². The largest absolute Gasteiger partial charge is 0.507 e. The minimum Gasteiger partial charge on any atom is -0.507 e. The minimum absolute atomic E-state index is 0.0342. The fourth-order valence-electron chi connectivity index (χ4n) is 4.33. The predicted octanol–water partition coefficient (Wildman–Crippen LogP) is 6.33. The lowest BCUT2D eigenvalue weighted by Gasteiger charge is -2.23. The van der Waals surface area contributed by atoms with Crippen LogP contribution in [0, 0.1) is 13.8 Å². The molecule has 7 heteroatoms. The van der Waals surface area contributed by atoms with Crippen molar-refractivity contribution in [3.05, 3.63) is 94.6 Å². The molecule has 1 fully saturated rings. The van der Waals surface area contributed by atoms with Gasteiger partial charge in [0.2, 0.25) is 0 Å². The first-order valence-electron chi connectivity index (χ1n) is 11.9. The number of aromatic nitrogens is 1. The highest BCUT2D eigenvalue weighted by molar-refractivity contribution is 7.22. The third kappa shape index (κ3) is 4.27. The van der Waals surface area contributed by atoms with Gasteiger partial charge in [0.15, 0.2) is 5.13 Å². The molecule has 1 N–H and O–H groups in total. The van der Waals surface area contributed by atoms with Crippen LogP contribution in [-0.4, -0.2) is 28.4 Å². The number of ether oxygens (including phenoxy) is 1. The summed E-state index contributed by atoms with van der Waals surface area (Å²) >= 11 is 1.35. The van der Waals surface area contributed by atoms with Gasteiger partial charge >= 0.3 is 5.91 Å². The Balaban J connectivity index is 1.70. The van der Waals surface area contributed by atoms with E-state index in [2.05, 4.69) is 4.98 Å². The number of benzene rings is 3. The summed E-state index contributed by atoms with van der Waals surface area (Å²) in [5.74, 6) is -1.04. The summed E-state index contributed by atoms with van der Waals surface area (Å²) in [6.45, 7) is 6.51. The van der Waals surface area contributed by atoms with Crippen LogP contribution in [0.15, 0.2) is 72.3 Å². The van der Waals surface area contributed by atoms with Gasteiger partial charge in [-0.05, 0) is 55.7 Å². The number of anilines is 1. The molecule has 2 heterocycles. The van der Waals surface area contributed by atoms with Gasteiger partial charge in [-0.15, -0.1) is 0 Å². The first-order chi connectivity index (χ1) is 17.4. The lowest BCUT2D eigenvalue weighted by atomic mass is 9.95.